The molecule has 0 saturated carbocycles. The molecule has 0 aliphatic heterocycles. The lowest BCUT2D eigenvalue weighted by Gasteiger charge is -2.34. The van der Waals surface area contributed by atoms with E-state index in [1.807, 2.05) is 0 Å². The molecule has 56 heavy (non-hydrogen) atoms. The Labute approximate surface area is 339 Å². The van der Waals surface area contributed by atoms with E-state index in [0.717, 1.165) is 22.6 Å². The van der Waals surface area contributed by atoms with Crippen LogP contribution in [0.5, 0.6) is 0 Å². The summed E-state index contributed by atoms with van der Waals surface area (Å²) >= 11 is 0. The second-order valence-corrected chi connectivity index (χ2v) is 17.8. The van der Waals surface area contributed by atoms with Crippen LogP contribution < -0.4 is 16.4 Å². The van der Waals surface area contributed by atoms with Gasteiger partial charge < -0.3 is 16.4 Å². The molecule has 5 aromatic carbocycles. The van der Waals surface area contributed by atoms with Crippen molar-refractivity contribution in [3.63, 3.8) is 0 Å². The minimum atomic E-state index is -0.390. The lowest BCUT2D eigenvalue weighted by molar-refractivity contribution is 0.397. The van der Waals surface area contributed by atoms with Gasteiger partial charge in [-0.2, -0.15) is 0 Å². The van der Waals surface area contributed by atoms with Gasteiger partial charge >= 0.3 is 0 Å². The van der Waals surface area contributed by atoms with Gasteiger partial charge in [0.1, 0.15) is 0 Å². The van der Waals surface area contributed by atoms with Crippen molar-refractivity contribution in [1.82, 2.24) is 0 Å². The summed E-state index contributed by atoms with van der Waals surface area (Å²) < 4.78 is 0. The molecule has 0 spiro atoms. The smallest absolute Gasteiger partial charge is 0.0462 e. The predicted molar refractivity (Wildman–Crippen MR) is 243 cm³/mol. The summed E-state index contributed by atoms with van der Waals surface area (Å²) in [6, 6.07) is 43.0. The molecule has 4 N–H and O–H groups in total. The monoisotopic (exact) mass is 748 g/mol. The summed E-state index contributed by atoms with van der Waals surface area (Å²) in [5, 5.41) is 0. The zero-order chi connectivity index (χ0) is 39.8. The van der Waals surface area contributed by atoms with E-state index in [1.54, 1.807) is 0 Å². The molecular formula is C53H69N3. The SMILES string of the molecule is CCCCCCCCC1(CCCCCCCC)c2cc(-c3ccc(N(c4ccccc4)c4ccc(C(C)(C)N)cc4)cc3)ccc2-c2ccc(C(C)(C)N)cc21. The van der Waals surface area contributed by atoms with Crippen molar-refractivity contribution in [3.05, 3.63) is 138 Å². The molecule has 0 amide bonds. The second kappa shape index (κ2) is 18.4. The second-order valence-electron chi connectivity index (χ2n) is 17.8. The fourth-order valence-corrected chi connectivity index (χ4v) is 9.02. The Hall–Kier alpha value is -4.18. The molecule has 1 aliphatic rings. The molecule has 5 aromatic rings. The van der Waals surface area contributed by atoms with Crippen LogP contribution in [0.2, 0.25) is 0 Å². The molecular weight excluding hydrogens is 679 g/mol. The molecule has 3 nitrogen and oxygen atoms in total. The lowest BCUT2D eigenvalue weighted by Crippen LogP contribution is -2.30. The zero-order valence-electron chi connectivity index (χ0n) is 35.5. The minimum absolute atomic E-state index is 0.00818. The average Bonchev–Trinajstić information content (AvgIpc) is 3.46. The molecule has 0 atom stereocenters. The lowest BCUT2D eigenvalue weighted by atomic mass is 9.69. The highest BCUT2D eigenvalue weighted by Gasteiger charge is 2.43. The van der Waals surface area contributed by atoms with Crippen molar-refractivity contribution >= 4 is 17.1 Å². The van der Waals surface area contributed by atoms with Gasteiger partial charge in [-0.3, -0.25) is 0 Å². The van der Waals surface area contributed by atoms with E-state index in [2.05, 4.69) is 162 Å². The molecule has 0 aromatic heterocycles. The highest BCUT2D eigenvalue weighted by Crippen LogP contribution is 2.55. The van der Waals surface area contributed by atoms with E-state index in [1.165, 1.54) is 129 Å². The molecule has 6 rings (SSSR count). The van der Waals surface area contributed by atoms with Crippen LogP contribution in [0, 0.1) is 0 Å². The van der Waals surface area contributed by atoms with Gasteiger partial charge in [0, 0.05) is 33.6 Å². The standard InChI is InChI=1S/C53H69N3/c1-7-9-11-13-15-20-36-53(37-21-16-14-12-10-8-2)49-38-41(26-34-47(49)48-35-29-43(39-50(48)53)52(5,6)55)40-24-30-45(31-25-40)56(44-22-18-17-19-23-44)46-32-27-42(28-33-46)51(3,4)54/h17-19,22-35,38-39H,7-16,20-21,36-37,54-55H2,1-6H3. The first-order chi connectivity index (χ1) is 27.0. The maximum Gasteiger partial charge on any atom is 0.0462 e. The van der Waals surface area contributed by atoms with Crippen molar-refractivity contribution < 1.29 is 0 Å². The summed E-state index contributed by atoms with van der Waals surface area (Å²) in [4.78, 5) is 2.33. The van der Waals surface area contributed by atoms with E-state index in [4.69, 9.17) is 11.5 Å². The Bertz CT molecular complexity index is 1960. The van der Waals surface area contributed by atoms with Crippen molar-refractivity contribution in [1.29, 1.82) is 0 Å². The van der Waals surface area contributed by atoms with Crippen molar-refractivity contribution in [2.75, 3.05) is 4.90 Å². The maximum atomic E-state index is 6.80. The zero-order valence-corrected chi connectivity index (χ0v) is 35.5. The number of nitrogens with two attached hydrogens (primary N) is 2. The summed E-state index contributed by atoms with van der Waals surface area (Å²) in [6.45, 7) is 13.0. The van der Waals surface area contributed by atoms with E-state index in [0.29, 0.717) is 0 Å². The van der Waals surface area contributed by atoms with Gasteiger partial charge in [0.25, 0.3) is 0 Å². The topological polar surface area (TPSA) is 55.3 Å². The number of anilines is 3. The Balaban J connectivity index is 1.38. The van der Waals surface area contributed by atoms with Crippen molar-refractivity contribution in [2.24, 2.45) is 11.5 Å². The van der Waals surface area contributed by atoms with E-state index >= 15 is 0 Å². The number of fused-ring (bicyclic) bond motifs is 3. The first-order valence-corrected chi connectivity index (χ1v) is 21.9. The van der Waals surface area contributed by atoms with Gasteiger partial charge in [-0.1, -0.05) is 164 Å². The normalized spacial score (nSPS) is 13.4. The van der Waals surface area contributed by atoms with Crippen LogP contribution in [0.25, 0.3) is 22.3 Å². The van der Waals surface area contributed by atoms with Crippen molar-refractivity contribution in [2.45, 2.75) is 148 Å². The third kappa shape index (κ3) is 9.50. The highest BCUT2D eigenvalue weighted by molar-refractivity contribution is 5.85. The van der Waals surface area contributed by atoms with Gasteiger partial charge in [-0.25, -0.2) is 0 Å². The summed E-state index contributed by atoms with van der Waals surface area (Å²) in [7, 11) is 0. The number of nitrogens with zero attached hydrogens (tertiary/aromatic N) is 1. The largest absolute Gasteiger partial charge is 0.322 e. The van der Waals surface area contributed by atoms with Gasteiger partial charge in [0.05, 0.1) is 0 Å². The quantitative estimate of drug-likeness (QED) is 0.0780. The molecule has 0 bridgehead atoms. The summed E-state index contributed by atoms with van der Waals surface area (Å²) in [6.07, 6.45) is 18.1. The molecule has 0 fully saturated rings. The molecule has 0 unspecified atom stereocenters. The molecule has 0 radical (unpaired) electrons. The Morgan fingerprint density at radius 3 is 1.41 bits per heavy atom. The van der Waals surface area contributed by atoms with Crippen LogP contribution in [-0.2, 0) is 16.5 Å². The number of unbranched alkanes of at least 4 members (excludes halogenated alkanes) is 10. The average molecular weight is 748 g/mol. The van der Waals surface area contributed by atoms with Crippen LogP contribution in [0.1, 0.15) is 154 Å². The van der Waals surface area contributed by atoms with Gasteiger partial charge in [-0.15, -0.1) is 0 Å². The Morgan fingerprint density at radius 2 is 0.875 bits per heavy atom. The molecule has 1 aliphatic carbocycles. The van der Waals surface area contributed by atoms with Crippen LogP contribution in [0.3, 0.4) is 0 Å². The first-order valence-electron chi connectivity index (χ1n) is 21.9. The van der Waals surface area contributed by atoms with Crippen molar-refractivity contribution in [3.8, 4) is 22.3 Å². The molecule has 0 heterocycles. The van der Waals surface area contributed by atoms with E-state index < -0.39 is 0 Å². The van der Waals surface area contributed by atoms with E-state index in [-0.39, 0.29) is 16.5 Å². The molecule has 0 saturated heterocycles. The third-order valence-electron chi connectivity index (χ3n) is 12.4. The Morgan fingerprint density at radius 1 is 0.446 bits per heavy atom. The summed E-state index contributed by atoms with van der Waals surface area (Å²) in [5.41, 5.74) is 26.6. The van der Waals surface area contributed by atoms with Crippen LogP contribution in [-0.4, -0.2) is 0 Å². The van der Waals surface area contributed by atoms with Crippen LogP contribution >= 0.6 is 0 Å². The van der Waals surface area contributed by atoms with Crippen LogP contribution in [0.4, 0.5) is 17.1 Å². The Kier molecular flexibility index (Phi) is 13.6. The summed E-state index contributed by atoms with van der Waals surface area (Å²) in [5.74, 6) is 0. The number of para-hydroxylation sites is 1. The number of rotatable bonds is 20. The van der Waals surface area contributed by atoms with Crippen LogP contribution in [0.15, 0.2) is 115 Å². The highest BCUT2D eigenvalue weighted by atomic mass is 15.1. The molecule has 296 valence electrons. The maximum absolute atomic E-state index is 6.80. The third-order valence-corrected chi connectivity index (χ3v) is 12.4. The fraction of sp³-hybridized carbons (Fsp3) is 0.434. The number of benzene rings is 5. The molecule has 3 heteroatoms. The van der Waals surface area contributed by atoms with Gasteiger partial charge in [0.2, 0.25) is 0 Å². The van der Waals surface area contributed by atoms with Gasteiger partial charge in [-0.05, 0) is 128 Å². The van der Waals surface area contributed by atoms with E-state index in [9.17, 15) is 0 Å². The fourth-order valence-electron chi connectivity index (χ4n) is 9.02. The first kappa shape index (κ1) is 41.5. The number of hydrogen-bond acceptors (Lipinski definition) is 3. The van der Waals surface area contributed by atoms with Gasteiger partial charge in [0.15, 0.2) is 0 Å². The number of hydrogen-bond donors (Lipinski definition) is 2. The predicted octanol–water partition coefficient (Wildman–Crippen LogP) is 15.0. The minimum Gasteiger partial charge on any atom is -0.322 e.